The van der Waals surface area contributed by atoms with Gasteiger partial charge in [0.25, 0.3) is 5.91 Å². The number of anilines is 1. The summed E-state index contributed by atoms with van der Waals surface area (Å²) >= 11 is 2.86. The van der Waals surface area contributed by atoms with Gasteiger partial charge in [-0.2, -0.15) is 0 Å². The van der Waals surface area contributed by atoms with Crippen LogP contribution in [0.5, 0.6) is 5.75 Å². The monoisotopic (exact) mass is 349 g/mol. The van der Waals surface area contributed by atoms with Crippen molar-refractivity contribution in [1.82, 2.24) is 10.2 Å². The predicted molar refractivity (Wildman–Crippen MR) is 95.6 cm³/mol. The summed E-state index contributed by atoms with van der Waals surface area (Å²) < 4.78 is 6.43. The number of carbonyl (C=O) groups is 1. The van der Waals surface area contributed by atoms with Crippen LogP contribution in [0.3, 0.4) is 0 Å². The lowest BCUT2D eigenvalue weighted by Crippen LogP contribution is -2.20. The average Bonchev–Trinajstić information content (AvgIpc) is 2.94. The number of hydrogen-bond donors (Lipinski definition) is 1. The lowest BCUT2D eigenvalue weighted by atomic mass is 10.1. The minimum atomic E-state index is -0.250. The molecule has 0 aliphatic carbocycles. The second-order valence-corrected chi connectivity index (χ2v) is 7.26. The maximum Gasteiger partial charge on any atom is 0.264 e. The van der Waals surface area contributed by atoms with E-state index in [-0.39, 0.29) is 12.5 Å². The Labute approximate surface area is 144 Å². The van der Waals surface area contributed by atoms with Crippen molar-refractivity contribution < 1.29 is 9.53 Å². The van der Waals surface area contributed by atoms with Crippen LogP contribution < -0.4 is 10.1 Å². The first kappa shape index (κ1) is 17.5. The molecule has 0 aliphatic rings. The van der Waals surface area contributed by atoms with Crippen LogP contribution in [-0.2, 0) is 4.79 Å². The molecule has 0 aliphatic heterocycles. The van der Waals surface area contributed by atoms with E-state index >= 15 is 0 Å². The highest BCUT2D eigenvalue weighted by molar-refractivity contribution is 8.01. The summed E-state index contributed by atoms with van der Waals surface area (Å²) in [7, 11) is 0. The third-order valence-electron chi connectivity index (χ3n) is 3.10. The molecular weight excluding hydrogens is 330 g/mol. The summed E-state index contributed by atoms with van der Waals surface area (Å²) in [6.45, 7) is 9.61. The van der Waals surface area contributed by atoms with Crippen molar-refractivity contribution in [3.63, 3.8) is 0 Å². The standard InChI is InChI=1S/C16H19N3O2S2/c1-5-6-22-16-19-18-15(23-16)17-14(20)9-21-13-8-10(2)7-11(3)12(13)4/h5,7-8H,1,6,9H2,2-4H3,(H,17,18,20). The molecule has 1 heterocycles. The maximum atomic E-state index is 12.0. The number of thioether (sulfide) groups is 1. The summed E-state index contributed by atoms with van der Waals surface area (Å²) in [4.78, 5) is 12.0. The van der Waals surface area contributed by atoms with Crippen LogP contribution >= 0.6 is 23.1 Å². The molecule has 5 nitrogen and oxygen atoms in total. The molecule has 2 rings (SSSR count). The van der Waals surface area contributed by atoms with Crippen molar-refractivity contribution in [3.05, 3.63) is 41.5 Å². The molecule has 0 fully saturated rings. The number of nitrogens with one attached hydrogen (secondary N) is 1. The molecule has 0 saturated carbocycles. The van der Waals surface area contributed by atoms with Gasteiger partial charge in [0.05, 0.1) is 0 Å². The number of hydrogen-bond acceptors (Lipinski definition) is 6. The normalized spacial score (nSPS) is 10.4. The first-order valence-electron chi connectivity index (χ1n) is 7.07. The van der Waals surface area contributed by atoms with Gasteiger partial charge in [0, 0.05) is 5.75 Å². The minimum absolute atomic E-state index is 0.0571. The van der Waals surface area contributed by atoms with Crippen LogP contribution in [0, 0.1) is 20.8 Å². The lowest BCUT2D eigenvalue weighted by molar-refractivity contribution is -0.118. The van der Waals surface area contributed by atoms with Gasteiger partial charge < -0.3 is 4.74 Å². The molecule has 0 unspecified atom stereocenters. The van der Waals surface area contributed by atoms with E-state index in [1.165, 1.54) is 23.1 Å². The van der Waals surface area contributed by atoms with Gasteiger partial charge in [0.1, 0.15) is 5.75 Å². The first-order valence-corrected chi connectivity index (χ1v) is 8.87. The highest BCUT2D eigenvalue weighted by Gasteiger charge is 2.10. The van der Waals surface area contributed by atoms with Crippen molar-refractivity contribution in [2.75, 3.05) is 17.7 Å². The molecule has 0 atom stereocenters. The largest absolute Gasteiger partial charge is 0.483 e. The Kier molecular flexibility index (Phi) is 6.18. The quantitative estimate of drug-likeness (QED) is 0.468. The fourth-order valence-corrected chi connectivity index (χ4v) is 3.43. The fraction of sp³-hybridized carbons (Fsp3) is 0.312. The molecule has 1 aromatic heterocycles. The lowest BCUT2D eigenvalue weighted by Gasteiger charge is -2.11. The van der Waals surface area contributed by atoms with Crippen LogP contribution in [0.15, 0.2) is 29.1 Å². The number of aryl methyl sites for hydroxylation is 2. The molecule has 0 radical (unpaired) electrons. The van der Waals surface area contributed by atoms with E-state index in [2.05, 4.69) is 28.2 Å². The SMILES string of the molecule is C=CCSc1nnc(NC(=O)COc2cc(C)cc(C)c2C)s1. The van der Waals surface area contributed by atoms with E-state index in [9.17, 15) is 4.79 Å². The number of nitrogens with zero attached hydrogens (tertiary/aromatic N) is 2. The second-order valence-electron chi connectivity index (χ2n) is 5.01. The van der Waals surface area contributed by atoms with E-state index in [0.717, 1.165) is 32.5 Å². The molecule has 0 bridgehead atoms. The molecule has 1 amide bonds. The molecule has 122 valence electrons. The van der Waals surface area contributed by atoms with Crippen molar-refractivity contribution in [1.29, 1.82) is 0 Å². The molecular formula is C16H19N3O2S2. The second kappa shape index (κ2) is 8.12. The Hall–Kier alpha value is -1.86. The van der Waals surface area contributed by atoms with Crippen molar-refractivity contribution in [2.24, 2.45) is 0 Å². The molecule has 1 N–H and O–H groups in total. The number of carbonyl (C=O) groups excluding carboxylic acids is 1. The van der Waals surface area contributed by atoms with Gasteiger partial charge in [-0.25, -0.2) is 0 Å². The van der Waals surface area contributed by atoms with Crippen molar-refractivity contribution >= 4 is 34.1 Å². The van der Waals surface area contributed by atoms with E-state index in [1.54, 1.807) is 6.08 Å². The molecule has 0 spiro atoms. The van der Waals surface area contributed by atoms with Gasteiger partial charge in [-0.15, -0.1) is 16.8 Å². The Morgan fingerprint density at radius 2 is 2.17 bits per heavy atom. The van der Waals surface area contributed by atoms with E-state index in [0.29, 0.717) is 5.13 Å². The van der Waals surface area contributed by atoms with Crippen LogP contribution in [-0.4, -0.2) is 28.5 Å². The summed E-state index contributed by atoms with van der Waals surface area (Å²) in [6.07, 6.45) is 1.80. The third-order valence-corrected chi connectivity index (χ3v) is 5.07. The average molecular weight is 349 g/mol. The molecule has 23 heavy (non-hydrogen) atoms. The van der Waals surface area contributed by atoms with Crippen molar-refractivity contribution in [2.45, 2.75) is 25.1 Å². The van der Waals surface area contributed by atoms with Crippen LogP contribution in [0.4, 0.5) is 5.13 Å². The van der Waals surface area contributed by atoms with Gasteiger partial charge in [-0.3, -0.25) is 10.1 Å². The number of ether oxygens (including phenoxy) is 1. The Bertz CT molecular complexity index is 713. The highest BCUT2D eigenvalue weighted by Crippen LogP contribution is 2.26. The number of aromatic nitrogens is 2. The van der Waals surface area contributed by atoms with Crippen LogP contribution in [0.2, 0.25) is 0 Å². The van der Waals surface area contributed by atoms with Crippen molar-refractivity contribution in [3.8, 4) is 5.75 Å². The zero-order valence-corrected chi connectivity index (χ0v) is 15.0. The van der Waals surface area contributed by atoms with Crippen LogP contribution in [0.1, 0.15) is 16.7 Å². The summed E-state index contributed by atoms with van der Waals surface area (Å²) in [5.41, 5.74) is 3.30. The third kappa shape index (κ3) is 5.07. The van der Waals surface area contributed by atoms with E-state index in [1.807, 2.05) is 26.8 Å². The highest BCUT2D eigenvalue weighted by atomic mass is 32.2. The first-order chi connectivity index (χ1) is 11.0. The predicted octanol–water partition coefficient (Wildman–Crippen LogP) is 3.76. The van der Waals surface area contributed by atoms with Gasteiger partial charge >= 0.3 is 0 Å². The molecule has 7 heteroatoms. The zero-order chi connectivity index (χ0) is 16.8. The molecule has 1 aromatic carbocycles. The maximum absolute atomic E-state index is 12.0. The number of amides is 1. The minimum Gasteiger partial charge on any atom is -0.483 e. The van der Waals surface area contributed by atoms with E-state index in [4.69, 9.17) is 4.74 Å². The number of benzene rings is 1. The van der Waals surface area contributed by atoms with Crippen LogP contribution in [0.25, 0.3) is 0 Å². The smallest absolute Gasteiger partial charge is 0.264 e. The van der Waals surface area contributed by atoms with E-state index < -0.39 is 0 Å². The summed E-state index contributed by atoms with van der Waals surface area (Å²) in [5, 5.41) is 11.1. The van der Waals surface area contributed by atoms with Gasteiger partial charge in [0.15, 0.2) is 10.9 Å². The Morgan fingerprint density at radius 1 is 1.39 bits per heavy atom. The van der Waals surface area contributed by atoms with Gasteiger partial charge in [-0.05, 0) is 43.5 Å². The van der Waals surface area contributed by atoms with Gasteiger partial charge in [0.2, 0.25) is 5.13 Å². The topological polar surface area (TPSA) is 64.1 Å². The van der Waals surface area contributed by atoms with Gasteiger partial charge in [-0.1, -0.05) is 35.2 Å². The summed E-state index contributed by atoms with van der Waals surface area (Å²) in [6, 6.07) is 4.02. The Balaban J connectivity index is 1.90. The fourth-order valence-electron chi connectivity index (χ4n) is 1.90. The Morgan fingerprint density at radius 3 is 2.91 bits per heavy atom. The summed E-state index contributed by atoms with van der Waals surface area (Å²) in [5.74, 6) is 1.25. The number of rotatable bonds is 7. The zero-order valence-electron chi connectivity index (χ0n) is 13.4. The molecule has 0 saturated heterocycles. The molecule has 2 aromatic rings.